The summed E-state index contributed by atoms with van der Waals surface area (Å²) < 4.78 is 17.3. The van der Waals surface area contributed by atoms with Crippen LogP contribution in [-0.2, 0) is 11.3 Å². The Kier molecular flexibility index (Phi) is 7.90. The van der Waals surface area contributed by atoms with Crippen LogP contribution in [0.15, 0.2) is 47.6 Å². The molecule has 1 aromatic carbocycles. The maximum atomic E-state index is 5.88. The number of pyridine rings is 1. The zero-order chi connectivity index (χ0) is 21.2. The average Bonchev–Trinajstić information content (AvgIpc) is 3.19. The second kappa shape index (κ2) is 10.8. The molecule has 0 saturated carbocycles. The Balaban J connectivity index is 1.58. The Labute approximate surface area is 178 Å². The maximum Gasteiger partial charge on any atom is 0.219 e. The molecule has 1 atom stereocenters. The fourth-order valence-corrected chi connectivity index (χ4v) is 3.25. The molecule has 1 aliphatic heterocycles. The molecular formula is C23H32N4O3. The number of nitrogens with one attached hydrogen (secondary N) is 2. The molecular weight excluding hydrogens is 380 g/mol. The van der Waals surface area contributed by atoms with E-state index in [9.17, 15) is 0 Å². The summed E-state index contributed by atoms with van der Waals surface area (Å²) in [7, 11) is 0. The van der Waals surface area contributed by atoms with Crippen LogP contribution in [0.5, 0.6) is 17.4 Å². The van der Waals surface area contributed by atoms with Gasteiger partial charge in [0.05, 0.1) is 18.8 Å². The van der Waals surface area contributed by atoms with Crippen molar-refractivity contribution in [3.8, 4) is 17.4 Å². The van der Waals surface area contributed by atoms with Crippen molar-refractivity contribution in [2.45, 2.75) is 45.8 Å². The number of hydrogen-bond donors (Lipinski definition) is 2. The lowest BCUT2D eigenvalue weighted by atomic mass is 10.0. The number of benzene rings is 1. The SMILES string of the molecule is CCNC(=NCc1ccc(Oc2ccccc2OCC)nc1)NCC1(C)CCCO1. The minimum atomic E-state index is -0.117. The normalized spacial score (nSPS) is 18.8. The highest BCUT2D eigenvalue weighted by atomic mass is 16.5. The van der Waals surface area contributed by atoms with Crippen molar-refractivity contribution in [1.82, 2.24) is 15.6 Å². The van der Waals surface area contributed by atoms with Gasteiger partial charge in [-0.25, -0.2) is 9.98 Å². The highest BCUT2D eigenvalue weighted by Gasteiger charge is 2.29. The van der Waals surface area contributed by atoms with Crippen molar-refractivity contribution in [2.75, 3.05) is 26.3 Å². The molecule has 1 unspecified atom stereocenters. The molecule has 0 spiro atoms. The van der Waals surface area contributed by atoms with Crippen molar-refractivity contribution >= 4 is 5.96 Å². The summed E-state index contributed by atoms with van der Waals surface area (Å²) in [6, 6.07) is 11.4. The molecule has 3 rings (SSSR count). The number of aliphatic imine (C=N–C) groups is 1. The largest absolute Gasteiger partial charge is 0.490 e. The second-order valence-electron chi connectivity index (χ2n) is 7.44. The van der Waals surface area contributed by atoms with Crippen molar-refractivity contribution in [3.05, 3.63) is 48.2 Å². The summed E-state index contributed by atoms with van der Waals surface area (Å²) in [5.74, 6) is 2.65. The monoisotopic (exact) mass is 412 g/mol. The molecule has 7 heteroatoms. The van der Waals surface area contributed by atoms with Crippen LogP contribution in [0.25, 0.3) is 0 Å². The van der Waals surface area contributed by atoms with Crippen LogP contribution < -0.4 is 20.1 Å². The van der Waals surface area contributed by atoms with Crippen LogP contribution in [0, 0.1) is 0 Å². The predicted octanol–water partition coefficient (Wildman–Crippen LogP) is 3.90. The minimum Gasteiger partial charge on any atom is -0.490 e. The number of hydrogen-bond acceptors (Lipinski definition) is 5. The number of para-hydroxylation sites is 2. The molecule has 1 fully saturated rings. The Bertz CT molecular complexity index is 817. The van der Waals surface area contributed by atoms with Crippen molar-refractivity contribution in [2.24, 2.45) is 4.99 Å². The molecule has 2 N–H and O–H groups in total. The Morgan fingerprint density at radius 2 is 2.00 bits per heavy atom. The van der Waals surface area contributed by atoms with Gasteiger partial charge in [0, 0.05) is 32.0 Å². The molecule has 1 saturated heterocycles. The van der Waals surface area contributed by atoms with Crippen LogP contribution >= 0.6 is 0 Å². The molecule has 0 aliphatic carbocycles. The third-order valence-corrected chi connectivity index (χ3v) is 4.86. The molecule has 2 aromatic rings. The molecule has 0 radical (unpaired) electrons. The van der Waals surface area contributed by atoms with E-state index in [4.69, 9.17) is 14.2 Å². The fourth-order valence-electron chi connectivity index (χ4n) is 3.25. The molecule has 0 amide bonds. The van der Waals surface area contributed by atoms with Crippen LogP contribution in [-0.4, -0.2) is 42.8 Å². The summed E-state index contributed by atoms with van der Waals surface area (Å²) >= 11 is 0. The van der Waals surface area contributed by atoms with E-state index in [0.717, 1.165) is 44.1 Å². The Morgan fingerprint density at radius 3 is 2.67 bits per heavy atom. The van der Waals surface area contributed by atoms with Gasteiger partial charge in [-0.3, -0.25) is 0 Å². The van der Waals surface area contributed by atoms with Crippen molar-refractivity contribution in [1.29, 1.82) is 0 Å². The highest BCUT2D eigenvalue weighted by molar-refractivity contribution is 5.79. The van der Waals surface area contributed by atoms with E-state index >= 15 is 0 Å². The predicted molar refractivity (Wildman–Crippen MR) is 118 cm³/mol. The third-order valence-electron chi connectivity index (χ3n) is 4.86. The highest BCUT2D eigenvalue weighted by Crippen LogP contribution is 2.30. The summed E-state index contributed by atoms with van der Waals surface area (Å²) in [4.78, 5) is 9.08. The first-order chi connectivity index (χ1) is 14.6. The van der Waals surface area contributed by atoms with E-state index in [1.165, 1.54) is 0 Å². The summed E-state index contributed by atoms with van der Waals surface area (Å²) in [5.41, 5.74) is 0.884. The van der Waals surface area contributed by atoms with Crippen LogP contribution in [0.3, 0.4) is 0 Å². The number of aromatic nitrogens is 1. The average molecular weight is 413 g/mol. The van der Waals surface area contributed by atoms with Gasteiger partial charge in [-0.1, -0.05) is 18.2 Å². The lowest BCUT2D eigenvalue weighted by Crippen LogP contribution is -2.45. The number of ether oxygens (including phenoxy) is 3. The first-order valence-electron chi connectivity index (χ1n) is 10.6. The van der Waals surface area contributed by atoms with Gasteiger partial charge in [0.25, 0.3) is 0 Å². The van der Waals surface area contributed by atoms with Crippen LogP contribution in [0.1, 0.15) is 39.2 Å². The topological polar surface area (TPSA) is 77.0 Å². The zero-order valence-corrected chi connectivity index (χ0v) is 18.1. The van der Waals surface area contributed by atoms with E-state index in [1.54, 1.807) is 6.20 Å². The van der Waals surface area contributed by atoms with Crippen molar-refractivity contribution < 1.29 is 14.2 Å². The van der Waals surface area contributed by atoms with Gasteiger partial charge in [0.2, 0.25) is 5.88 Å². The molecule has 1 aliphatic rings. The van der Waals surface area contributed by atoms with E-state index in [2.05, 4.69) is 34.5 Å². The molecule has 30 heavy (non-hydrogen) atoms. The molecule has 7 nitrogen and oxygen atoms in total. The van der Waals surface area contributed by atoms with Gasteiger partial charge in [-0.05, 0) is 51.3 Å². The second-order valence-corrected chi connectivity index (χ2v) is 7.44. The van der Waals surface area contributed by atoms with E-state index in [-0.39, 0.29) is 5.60 Å². The van der Waals surface area contributed by atoms with Crippen LogP contribution in [0.2, 0.25) is 0 Å². The third kappa shape index (κ3) is 6.35. The first-order valence-corrected chi connectivity index (χ1v) is 10.6. The fraction of sp³-hybridized carbons (Fsp3) is 0.478. The van der Waals surface area contributed by atoms with Gasteiger partial charge < -0.3 is 24.8 Å². The summed E-state index contributed by atoms with van der Waals surface area (Å²) in [6.45, 7) is 9.62. The smallest absolute Gasteiger partial charge is 0.219 e. The zero-order valence-electron chi connectivity index (χ0n) is 18.1. The Hall–Kier alpha value is -2.80. The van der Waals surface area contributed by atoms with Crippen LogP contribution in [0.4, 0.5) is 0 Å². The summed E-state index contributed by atoms with van der Waals surface area (Å²) in [5, 5.41) is 6.67. The molecule has 162 valence electrons. The minimum absolute atomic E-state index is 0.117. The Morgan fingerprint density at radius 1 is 1.17 bits per heavy atom. The molecule has 1 aromatic heterocycles. The molecule has 2 heterocycles. The van der Waals surface area contributed by atoms with Gasteiger partial charge in [0.15, 0.2) is 17.5 Å². The number of rotatable bonds is 9. The van der Waals surface area contributed by atoms with Gasteiger partial charge in [0.1, 0.15) is 0 Å². The van der Waals surface area contributed by atoms with Crippen molar-refractivity contribution in [3.63, 3.8) is 0 Å². The standard InChI is InChI=1S/C23H32N4O3/c1-4-24-22(27-17-23(3)13-8-14-29-23)26-16-18-11-12-21(25-15-18)30-20-10-7-6-9-19(20)28-5-2/h6-7,9-12,15H,4-5,8,13-14,16-17H2,1-3H3,(H2,24,26,27). The first kappa shape index (κ1) is 21.9. The summed E-state index contributed by atoms with van der Waals surface area (Å²) in [6.07, 6.45) is 3.96. The van der Waals surface area contributed by atoms with E-state index < -0.39 is 0 Å². The van der Waals surface area contributed by atoms with Gasteiger partial charge >= 0.3 is 0 Å². The van der Waals surface area contributed by atoms with E-state index in [1.807, 2.05) is 43.3 Å². The maximum absolute atomic E-state index is 5.88. The van der Waals surface area contributed by atoms with Gasteiger partial charge in [-0.2, -0.15) is 0 Å². The lowest BCUT2D eigenvalue weighted by molar-refractivity contribution is 0.0243. The van der Waals surface area contributed by atoms with Gasteiger partial charge in [-0.15, -0.1) is 0 Å². The van der Waals surface area contributed by atoms with E-state index in [0.29, 0.717) is 30.5 Å². The number of guanidine groups is 1. The number of nitrogens with zero attached hydrogens (tertiary/aromatic N) is 2. The quantitative estimate of drug-likeness (QED) is 0.481. The molecule has 0 bridgehead atoms. The lowest BCUT2D eigenvalue weighted by Gasteiger charge is -2.24.